The van der Waals surface area contributed by atoms with Crippen molar-refractivity contribution in [1.29, 1.82) is 0 Å². The number of rotatable bonds is 5. The molecule has 1 heterocycles. The van der Waals surface area contributed by atoms with E-state index in [4.69, 9.17) is 5.11 Å². The molecular formula is C12H15F3N4O3. The van der Waals surface area contributed by atoms with Crippen molar-refractivity contribution in [3.05, 3.63) is 11.9 Å². The van der Waals surface area contributed by atoms with Crippen LogP contribution in [-0.2, 0) is 11.3 Å². The monoisotopic (exact) mass is 320 g/mol. The van der Waals surface area contributed by atoms with Gasteiger partial charge in [0.2, 0.25) is 5.91 Å². The average molecular weight is 320 g/mol. The van der Waals surface area contributed by atoms with Crippen molar-refractivity contribution in [2.75, 3.05) is 0 Å². The smallest absolute Gasteiger partial charge is 0.408 e. The summed E-state index contributed by atoms with van der Waals surface area (Å²) in [6.07, 6.45) is -1.23. The number of nitrogens with zero attached hydrogens (tertiary/aromatic N) is 3. The summed E-state index contributed by atoms with van der Waals surface area (Å²) in [7, 11) is 0. The summed E-state index contributed by atoms with van der Waals surface area (Å²) < 4.78 is 40.1. The van der Waals surface area contributed by atoms with Crippen LogP contribution in [0.4, 0.5) is 13.2 Å². The molecule has 1 aliphatic carbocycles. The molecule has 2 N–H and O–H groups in total. The van der Waals surface area contributed by atoms with Gasteiger partial charge in [0.25, 0.3) is 0 Å². The largest absolute Gasteiger partial charge is 0.476 e. The van der Waals surface area contributed by atoms with Gasteiger partial charge in [-0.05, 0) is 18.8 Å². The van der Waals surface area contributed by atoms with Crippen molar-refractivity contribution in [3.63, 3.8) is 0 Å². The number of nitrogens with one attached hydrogen (secondary N) is 1. The van der Waals surface area contributed by atoms with E-state index in [-0.39, 0.29) is 5.69 Å². The number of carboxylic acids is 1. The second-order valence-electron chi connectivity index (χ2n) is 5.24. The third kappa shape index (κ3) is 3.95. The molecule has 0 spiro atoms. The first-order valence-corrected chi connectivity index (χ1v) is 6.77. The van der Waals surface area contributed by atoms with E-state index in [0.29, 0.717) is 12.8 Å². The maximum Gasteiger partial charge on any atom is 0.408 e. The second-order valence-corrected chi connectivity index (χ2v) is 5.24. The average Bonchev–Trinajstić information content (AvgIpc) is 3.05. The number of carbonyl (C=O) groups is 2. The summed E-state index contributed by atoms with van der Waals surface area (Å²) in [5.41, 5.74) is -0.379. The van der Waals surface area contributed by atoms with Crippen LogP contribution in [-0.4, -0.2) is 44.2 Å². The Hall–Kier alpha value is -2.13. The predicted molar refractivity (Wildman–Crippen MR) is 66.9 cm³/mol. The number of carbonyl (C=O) groups excluding carboxylic acids is 1. The number of amides is 1. The van der Waals surface area contributed by atoms with Crippen LogP contribution in [0.15, 0.2) is 6.20 Å². The molecule has 0 saturated heterocycles. The molecule has 1 fully saturated rings. The molecule has 1 aromatic rings. The first-order chi connectivity index (χ1) is 10.3. The van der Waals surface area contributed by atoms with Crippen LogP contribution < -0.4 is 5.32 Å². The highest BCUT2D eigenvalue weighted by atomic mass is 19.4. The Kier molecular flexibility index (Phi) is 4.67. The topological polar surface area (TPSA) is 97.1 Å². The predicted octanol–water partition coefficient (Wildman–Crippen LogP) is 1.21. The van der Waals surface area contributed by atoms with Crippen molar-refractivity contribution >= 4 is 11.9 Å². The minimum Gasteiger partial charge on any atom is -0.476 e. The summed E-state index contributed by atoms with van der Waals surface area (Å²) in [5, 5.41) is 17.3. The van der Waals surface area contributed by atoms with Gasteiger partial charge in [0.05, 0.1) is 6.20 Å². The number of alkyl halides is 3. The van der Waals surface area contributed by atoms with Crippen LogP contribution in [0.5, 0.6) is 0 Å². The molecule has 22 heavy (non-hydrogen) atoms. The first kappa shape index (κ1) is 16.2. The molecule has 1 atom stereocenters. The lowest BCUT2D eigenvalue weighted by Gasteiger charge is -2.26. The number of hydrogen-bond acceptors (Lipinski definition) is 4. The molecule has 1 aliphatic rings. The summed E-state index contributed by atoms with van der Waals surface area (Å²) in [5.74, 6) is -2.82. The van der Waals surface area contributed by atoms with Crippen LogP contribution in [0.2, 0.25) is 0 Å². The number of halogens is 3. The molecule has 0 radical (unpaired) electrons. The zero-order chi connectivity index (χ0) is 16.3. The lowest BCUT2D eigenvalue weighted by Crippen LogP contribution is -2.50. The van der Waals surface area contributed by atoms with Gasteiger partial charge in [-0.15, -0.1) is 5.10 Å². The Balaban J connectivity index is 1.99. The summed E-state index contributed by atoms with van der Waals surface area (Å²) in [6, 6.07) is -1.88. The molecule has 1 unspecified atom stereocenters. The maximum absolute atomic E-state index is 13.1. The molecule has 10 heteroatoms. The number of hydrogen-bond donors (Lipinski definition) is 2. The van der Waals surface area contributed by atoms with Gasteiger partial charge in [-0.25, -0.2) is 9.48 Å². The van der Waals surface area contributed by atoms with E-state index in [2.05, 4.69) is 10.3 Å². The van der Waals surface area contributed by atoms with Gasteiger partial charge in [-0.3, -0.25) is 4.79 Å². The lowest BCUT2D eigenvalue weighted by molar-refractivity contribution is -0.172. The van der Waals surface area contributed by atoms with E-state index in [0.717, 1.165) is 23.7 Å². The van der Waals surface area contributed by atoms with Gasteiger partial charge < -0.3 is 10.4 Å². The van der Waals surface area contributed by atoms with E-state index in [9.17, 15) is 22.8 Å². The fourth-order valence-electron chi connectivity index (χ4n) is 2.60. The van der Waals surface area contributed by atoms with Gasteiger partial charge in [0.1, 0.15) is 12.6 Å². The molecule has 1 aromatic heterocycles. The molecule has 122 valence electrons. The van der Waals surface area contributed by atoms with Crippen LogP contribution in [0, 0.1) is 5.92 Å². The molecular weight excluding hydrogens is 305 g/mol. The first-order valence-electron chi connectivity index (χ1n) is 6.77. The highest BCUT2D eigenvalue weighted by Gasteiger charge is 2.46. The van der Waals surface area contributed by atoms with Gasteiger partial charge in [-0.1, -0.05) is 18.1 Å². The lowest BCUT2D eigenvalue weighted by atomic mass is 9.97. The highest BCUT2D eigenvalue weighted by Crippen LogP contribution is 2.35. The van der Waals surface area contributed by atoms with Gasteiger partial charge in [0, 0.05) is 0 Å². The van der Waals surface area contributed by atoms with Crippen LogP contribution in [0.3, 0.4) is 0 Å². The quantitative estimate of drug-likeness (QED) is 0.850. The fourth-order valence-corrected chi connectivity index (χ4v) is 2.60. The Labute approximate surface area is 123 Å². The third-order valence-corrected chi connectivity index (χ3v) is 3.60. The third-order valence-electron chi connectivity index (χ3n) is 3.60. The van der Waals surface area contributed by atoms with Crippen molar-refractivity contribution in [1.82, 2.24) is 20.3 Å². The van der Waals surface area contributed by atoms with Crippen LogP contribution in [0.1, 0.15) is 36.2 Å². The Bertz CT molecular complexity index is 552. The molecule has 0 aliphatic heterocycles. The molecule has 1 saturated carbocycles. The SMILES string of the molecule is O=C(Cn1cc(C(=O)O)nn1)NC(C1CCCC1)C(F)(F)F. The Morgan fingerprint density at radius 2 is 2.05 bits per heavy atom. The van der Waals surface area contributed by atoms with Gasteiger partial charge >= 0.3 is 12.1 Å². The molecule has 0 bridgehead atoms. The molecule has 1 amide bonds. The minimum absolute atomic E-state index is 0.379. The van der Waals surface area contributed by atoms with E-state index in [1.807, 2.05) is 5.32 Å². The van der Waals surface area contributed by atoms with Crippen LogP contribution >= 0.6 is 0 Å². The molecule has 7 nitrogen and oxygen atoms in total. The van der Waals surface area contributed by atoms with Crippen molar-refractivity contribution in [2.45, 2.75) is 44.4 Å². The standard InChI is InChI=1S/C12H15F3N4O3/c13-12(14,15)10(7-3-1-2-4-7)16-9(20)6-19-5-8(11(21)22)17-18-19/h5,7,10H,1-4,6H2,(H,16,20)(H,21,22). The fraction of sp³-hybridized carbons (Fsp3) is 0.667. The second kappa shape index (κ2) is 6.32. The molecule has 0 aromatic carbocycles. The summed E-state index contributed by atoms with van der Waals surface area (Å²) in [6.45, 7) is -0.514. The van der Waals surface area contributed by atoms with Crippen LogP contribution in [0.25, 0.3) is 0 Å². The van der Waals surface area contributed by atoms with E-state index in [1.54, 1.807) is 0 Å². The zero-order valence-electron chi connectivity index (χ0n) is 11.5. The Morgan fingerprint density at radius 3 is 2.55 bits per heavy atom. The van der Waals surface area contributed by atoms with E-state index in [1.165, 1.54) is 0 Å². The van der Waals surface area contributed by atoms with E-state index >= 15 is 0 Å². The summed E-state index contributed by atoms with van der Waals surface area (Å²) in [4.78, 5) is 22.4. The van der Waals surface area contributed by atoms with E-state index < -0.39 is 36.6 Å². The van der Waals surface area contributed by atoms with Crippen molar-refractivity contribution in [3.8, 4) is 0 Å². The number of aromatic nitrogens is 3. The summed E-state index contributed by atoms with van der Waals surface area (Å²) >= 11 is 0. The Morgan fingerprint density at radius 1 is 1.41 bits per heavy atom. The number of aromatic carboxylic acids is 1. The van der Waals surface area contributed by atoms with Gasteiger partial charge in [0.15, 0.2) is 5.69 Å². The highest BCUT2D eigenvalue weighted by molar-refractivity contribution is 5.84. The molecule has 2 rings (SSSR count). The van der Waals surface area contributed by atoms with Crippen molar-refractivity contribution in [2.24, 2.45) is 5.92 Å². The maximum atomic E-state index is 13.1. The normalized spacial score (nSPS) is 17.4. The van der Waals surface area contributed by atoms with Gasteiger partial charge in [-0.2, -0.15) is 13.2 Å². The number of carboxylic acid groups (broad SMARTS) is 1. The zero-order valence-corrected chi connectivity index (χ0v) is 11.5. The van der Waals surface area contributed by atoms with Crippen molar-refractivity contribution < 1.29 is 27.9 Å². The minimum atomic E-state index is -4.51.